The van der Waals surface area contributed by atoms with E-state index in [4.69, 9.17) is 9.47 Å². The largest absolute Gasteiger partial charge is 0.373 e. The maximum absolute atomic E-state index is 5.77. The summed E-state index contributed by atoms with van der Waals surface area (Å²) in [6, 6.07) is 0. The maximum atomic E-state index is 5.77. The monoisotopic (exact) mass is 188 g/mol. The summed E-state index contributed by atoms with van der Waals surface area (Å²) >= 11 is 0. The second-order valence-corrected chi connectivity index (χ2v) is 4.59. The van der Waals surface area contributed by atoms with E-state index in [-0.39, 0.29) is 11.2 Å². The third-order valence-electron chi connectivity index (χ3n) is 2.20. The smallest absolute Gasteiger partial charge is 0.0859 e. The van der Waals surface area contributed by atoms with E-state index < -0.39 is 0 Å². The Hall–Kier alpha value is -0.0800. The molecule has 13 heavy (non-hydrogen) atoms. The summed E-state index contributed by atoms with van der Waals surface area (Å²) in [5.74, 6) is 0. The molecule has 0 amide bonds. The molecule has 2 heteroatoms. The summed E-state index contributed by atoms with van der Waals surface area (Å²) < 4.78 is 11.3. The summed E-state index contributed by atoms with van der Waals surface area (Å²) in [6.45, 7) is 13.9. The molecule has 0 rings (SSSR count). The molecule has 0 aromatic heterocycles. The van der Waals surface area contributed by atoms with Crippen LogP contribution in [0.2, 0.25) is 0 Å². The first-order valence-electron chi connectivity index (χ1n) is 5.11. The van der Waals surface area contributed by atoms with Gasteiger partial charge >= 0.3 is 0 Å². The van der Waals surface area contributed by atoms with Crippen molar-refractivity contribution < 1.29 is 9.47 Å². The molecule has 0 aromatic rings. The first-order chi connectivity index (χ1) is 5.83. The molecule has 80 valence electrons. The van der Waals surface area contributed by atoms with E-state index in [0.29, 0.717) is 6.61 Å². The maximum Gasteiger partial charge on any atom is 0.0859 e. The molecule has 0 radical (unpaired) electrons. The van der Waals surface area contributed by atoms with Gasteiger partial charge < -0.3 is 9.47 Å². The Kier molecular flexibility index (Phi) is 4.93. The molecule has 0 fully saturated rings. The molecule has 0 N–H and O–H groups in total. The molecule has 0 saturated carbocycles. The molecule has 0 heterocycles. The average molecular weight is 188 g/mol. The SMILES string of the molecule is CCOC(C)(C)COC(C)(C)CC. The lowest BCUT2D eigenvalue weighted by molar-refractivity contribution is -0.118. The molecule has 0 atom stereocenters. The van der Waals surface area contributed by atoms with E-state index >= 15 is 0 Å². The minimum atomic E-state index is -0.165. The molecule has 0 bridgehead atoms. The Morgan fingerprint density at radius 3 is 1.77 bits per heavy atom. The molecule has 0 spiro atoms. The van der Waals surface area contributed by atoms with E-state index in [9.17, 15) is 0 Å². The fraction of sp³-hybridized carbons (Fsp3) is 1.00. The third-order valence-corrected chi connectivity index (χ3v) is 2.20. The highest BCUT2D eigenvalue weighted by Gasteiger charge is 2.23. The summed E-state index contributed by atoms with van der Waals surface area (Å²) in [7, 11) is 0. The molecule has 0 aliphatic carbocycles. The zero-order chi connectivity index (χ0) is 10.5. The van der Waals surface area contributed by atoms with Crippen LogP contribution in [0.5, 0.6) is 0 Å². The van der Waals surface area contributed by atoms with Crippen LogP contribution in [0.3, 0.4) is 0 Å². The molecular weight excluding hydrogens is 164 g/mol. The van der Waals surface area contributed by atoms with Gasteiger partial charge in [-0.25, -0.2) is 0 Å². The minimum absolute atomic E-state index is 0.0334. The van der Waals surface area contributed by atoms with Crippen LogP contribution in [-0.2, 0) is 9.47 Å². The standard InChI is InChI=1S/C11H24O2/c1-7-10(3,4)13-9-11(5,6)12-8-2/h7-9H2,1-6H3. The Morgan fingerprint density at radius 2 is 1.38 bits per heavy atom. The van der Waals surface area contributed by atoms with Crippen molar-refractivity contribution >= 4 is 0 Å². The summed E-state index contributed by atoms with van der Waals surface area (Å²) in [6.07, 6.45) is 1.02. The van der Waals surface area contributed by atoms with Gasteiger partial charge in [-0.2, -0.15) is 0 Å². The normalized spacial score (nSPS) is 13.4. The fourth-order valence-electron chi connectivity index (χ4n) is 0.904. The van der Waals surface area contributed by atoms with Gasteiger partial charge in [0.1, 0.15) is 0 Å². The summed E-state index contributed by atoms with van der Waals surface area (Å²) in [5, 5.41) is 0. The molecule has 0 saturated heterocycles. The lowest BCUT2D eigenvalue weighted by Gasteiger charge is -2.31. The van der Waals surface area contributed by atoms with Gasteiger partial charge in [0.15, 0.2) is 0 Å². The molecule has 0 unspecified atom stereocenters. The Morgan fingerprint density at radius 1 is 0.846 bits per heavy atom. The number of rotatable bonds is 6. The summed E-state index contributed by atoms with van der Waals surface area (Å²) in [5.41, 5.74) is -0.199. The fourth-order valence-corrected chi connectivity index (χ4v) is 0.904. The van der Waals surface area contributed by atoms with Gasteiger partial charge in [0.05, 0.1) is 17.8 Å². The predicted octanol–water partition coefficient (Wildman–Crippen LogP) is 3.01. The van der Waals surface area contributed by atoms with Gasteiger partial charge in [0, 0.05) is 6.61 Å². The van der Waals surface area contributed by atoms with Crippen molar-refractivity contribution in [1.29, 1.82) is 0 Å². The average Bonchev–Trinajstić information content (AvgIpc) is 2.02. The Labute approximate surface area is 82.6 Å². The van der Waals surface area contributed by atoms with Crippen LogP contribution in [0.25, 0.3) is 0 Å². The highest BCUT2D eigenvalue weighted by molar-refractivity contribution is 4.72. The minimum Gasteiger partial charge on any atom is -0.373 e. The van der Waals surface area contributed by atoms with E-state index in [0.717, 1.165) is 13.0 Å². The van der Waals surface area contributed by atoms with Crippen molar-refractivity contribution in [3.8, 4) is 0 Å². The van der Waals surface area contributed by atoms with E-state index in [1.54, 1.807) is 0 Å². The lowest BCUT2D eigenvalue weighted by Crippen LogP contribution is -2.36. The number of hydrogen-bond acceptors (Lipinski definition) is 2. The summed E-state index contributed by atoms with van der Waals surface area (Å²) in [4.78, 5) is 0. The van der Waals surface area contributed by atoms with Crippen LogP contribution in [0.4, 0.5) is 0 Å². The lowest BCUT2D eigenvalue weighted by atomic mass is 10.1. The first-order valence-corrected chi connectivity index (χ1v) is 5.11. The van der Waals surface area contributed by atoms with Gasteiger partial charge in [0.2, 0.25) is 0 Å². The second kappa shape index (κ2) is 4.97. The topological polar surface area (TPSA) is 18.5 Å². The predicted molar refractivity (Wildman–Crippen MR) is 56.0 cm³/mol. The van der Waals surface area contributed by atoms with Crippen LogP contribution in [-0.4, -0.2) is 24.4 Å². The van der Waals surface area contributed by atoms with Crippen LogP contribution in [0, 0.1) is 0 Å². The quantitative estimate of drug-likeness (QED) is 0.638. The van der Waals surface area contributed by atoms with Crippen LogP contribution < -0.4 is 0 Å². The van der Waals surface area contributed by atoms with Crippen molar-refractivity contribution in [2.75, 3.05) is 13.2 Å². The van der Waals surface area contributed by atoms with Crippen molar-refractivity contribution in [1.82, 2.24) is 0 Å². The number of hydrogen-bond donors (Lipinski definition) is 0. The molecule has 0 aliphatic heterocycles. The van der Waals surface area contributed by atoms with Gasteiger partial charge in [-0.1, -0.05) is 6.92 Å². The van der Waals surface area contributed by atoms with Crippen molar-refractivity contribution in [3.05, 3.63) is 0 Å². The highest BCUT2D eigenvalue weighted by Crippen LogP contribution is 2.18. The van der Waals surface area contributed by atoms with Gasteiger partial charge in [-0.05, 0) is 41.0 Å². The Balaban J connectivity index is 3.86. The van der Waals surface area contributed by atoms with E-state index in [1.807, 2.05) is 6.92 Å². The highest BCUT2D eigenvalue weighted by atomic mass is 16.5. The van der Waals surface area contributed by atoms with Crippen LogP contribution in [0.1, 0.15) is 48.0 Å². The van der Waals surface area contributed by atoms with Crippen molar-refractivity contribution in [3.63, 3.8) is 0 Å². The zero-order valence-electron chi connectivity index (χ0n) is 9.94. The molecule has 0 aliphatic rings. The molecular formula is C11H24O2. The van der Waals surface area contributed by atoms with Crippen molar-refractivity contribution in [2.24, 2.45) is 0 Å². The third kappa shape index (κ3) is 6.05. The first kappa shape index (κ1) is 12.9. The van der Waals surface area contributed by atoms with Gasteiger partial charge in [0.25, 0.3) is 0 Å². The van der Waals surface area contributed by atoms with Gasteiger partial charge in [-0.3, -0.25) is 0 Å². The van der Waals surface area contributed by atoms with E-state index in [2.05, 4.69) is 34.6 Å². The van der Waals surface area contributed by atoms with Gasteiger partial charge in [-0.15, -0.1) is 0 Å². The Bertz CT molecular complexity index is 139. The van der Waals surface area contributed by atoms with Crippen molar-refractivity contribution in [2.45, 2.75) is 59.2 Å². The van der Waals surface area contributed by atoms with Crippen LogP contribution in [0.15, 0.2) is 0 Å². The number of ether oxygens (including phenoxy) is 2. The second-order valence-electron chi connectivity index (χ2n) is 4.59. The van der Waals surface area contributed by atoms with E-state index in [1.165, 1.54) is 0 Å². The molecule has 2 nitrogen and oxygen atoms in total. The zero-order valence-corrected chi connectivity index (χ0v) is 9.94. The van der Waals surface area contributed by atoms with Crippen LogP contribution >= 0.6 is 0 Å². The molecule has 0 aromatic carbocycles.